The minimum absolute atomic E-state index is 0.0256. The number of hydrogen-bond acceptors (Lipinski definition) is 7. The molecule has 2 atom stereocenters. The fourth-order valence-corrected chi connectivity index (χ4v) is 6.36. The summed E-state index contributed by atoms with van der Waals surface area (Å²) in [4.78, 5) is 58.4. The molecule has 0 radical (unpaired) electrons. The summed E-state index contributed by atoms with van der Waals surface area (Å²) < 4.78 is 26.7. The molecule has 1 aliphatic carbocycles. The number of carbonyl (C=O) groups excluding carboxylic acids is 4. The molecule has 3 heterocycles. The van der Waals surface area contributed by atoms with Crippen molar-refractivity contribution in [1.29, 1.82) is 0 Å². The van der Waals surface area contributed by atoms with Gasteiger partial charge in [0.05, 0.1) is 11.6 Å². The molecular formula is C36H31FN4O6. The fraction of sp³-hybridized carbons (Fsp3) is 0.250. The van der Waals surface area contributed by atoms with Crippen molar-refractivity contribution >= 4 is 23.5 Å². The fourth-order valence-electron chi connectivity index (χ4n) is 6.36. The highest BCUT2D eigenvalue weighted by molar-refractivity contribution is 6.05. The number of benzene rings is 3. The summed E-state index contributed by atoms with van der Waals surface area (Å²) in [6.07, 6.45) is 3.70. The van der Waals surface area contributed by atoms with Gasteiger partial charge in [0.1, 0.15) is 23.4 Å². The molecule has 0 unspecified atom stereocenters. The molecule has 1 saturated heterocycles. The number of ether oxygens (including phenoxy) is 2. The predicted octanol–water partition coefficient (Wildman–Crippen LogP) is 4.12. The number of carbonyl (C=O) groups is 4. The minimum Gasteiger partial charge on any atom is -0.488 e. The summed E-state index contributed by atoms with van der Waals surface area (Å²) in [6.45, 7) is 0.242. The SMILES string of the molecule is O=C1COc2cccc(c2)-c2cncc(c2)C(=O)N[C@@H]2CN(C(=O)c3cccc4c3CCC4=O)CC[C@@H]2Oc2cc(F)cc(c2)CN1. The van der Waals surface area contributed by atoms with Crippen LogP contribution in [0, 0.1) is 5.82 Å². The van der Waals surface area contributed by atoms with Crippen molar-refractivity contribution in [3.8, 4) is 22.6 Å². The third-order valence-electron chi connectivity index (χ3n) is 8.71. The molecule has 238 valence electrons. The molecule has 11 heteroatoms. The summed E-state index contributed by atoms with van der Waals surface area (Å²) in [5, 5.41) is 5.79. The maximum absolute atomic E-state index is 14.7. The van der Waals surface area contributed by atoms with E-state index in [0.29, 0.717) is 59.4 Å². The highest BCUT2D eigenvalue weighted by atomic mass is 19.1. The highest BCUT2D eigenvalue weighted by Crippen LogP contribution is 2.29. The zero-order valence-corrected chi connectivity index (χ0v) is 25.3. The van der Waals surface area contributed by atoms with Gasteiger partial charge < -0.3 is 25.0 Å². The van der Waals surface area contributed by atoms with E-state index in [2.05, 4.69) is 15.6 Å². The first-order valence-electron chi connectivity index (χ1n) is 15.5. The molecule has 1 aromatic heterocycles. The number of amides is 3. The van der Waals surface area contributed by atoms with Crippen LogP contribution in [0.1, 0.15) is 55.0 Å². The number of hydrogen-bond donors (Lipinski definition) is 2. The van der Waals surface area contributed by atoms with E-state index in [1.54, 1.807) is 59.6 Å². The Bertz CT molecular complexity index is 1910. The Kier molecular flexibility index (Phi) is 8.11. The van der Waals surface area contributed by atoms with Crippen LogP contribution in [-0.2, 0) is 17.8 Å². The molecule has 3 amide bonds. The van der Waals surface area contributed by atoms with Crippen LogP contribution in [0.2, 0.25) is 0 Å². The van der Waals surface area contributed by atoms with Crippen molar-refractivity contribution in [1.82, 2.24) is 20.5 Å². The van der Waals surface area contributed by atoms with Crippen LogP contribution in [0.5, 0.6) is 11.5 Å². The van der Waals surface area contributed by atoms with Gasteiger partial charge in [-0.05, 0) is 59.5 Å². The summed E-state index contributed by atoms with van der Waals surface area (Å²) >= 11 is 0. The lowest BCUT2D eigenvalue weighted by Gasteiger charge is -2.39. The largest absolute Gasteiger partial charge is 0.488 e. The predicted molar refractivity (Wildman–Crippen MR) is 169 cm³/mol. The molecule has 4 aromatic rings. The number of ketones is 1. The summed E-state index contributed by atoms with van der Waals surface area (Å²) in [6, 6.07) is 17.5. The second-order valence-corrected chi connectivity index (χ2v) is 11.9. The van der Waals surface area contributed by atoms with Gasteiger partial charge >= 0.3 is 0 Å². The average molecular weight is 635 g/mol. The number of nitrogens with zero attached hydrogens (tertiary/aromatic N) is 2. The lowest BCUT2D eigenvalue weighted by atomic mass is 9.97. The first kappa shape index (κ1) is 30.1. The normalized spacial score (nSPS) is 19.4. The molecule has 47 heavy (non-hydrogen) atoms. The Hall–Kier alpha value is -5.58. The maximum atomic E-state index is 14.7. The van der Waals surface area contributed by atoms with Gasteiger partial charge in [0.25, 0.3) is 17.7 Å². The number of pyridine rings is 1. The lowest BCUT2D eigenvalue weighted by Crippen LogP contribution is -2.58. The number of fused-ring (bicyclic) bond motifs is 9. The smallest absolute Gasteiger partial charge is 0.258 e. The van der Waals surface area contributed by atoms with Crippen LogP contribution in [-0.4, -0.2) is 65.2 Å². The molecule has 2 N–H and O–H groups in total. The number of Topliss-reactive ketones (excluding diaryl/α,β-unsaturated/α-hetero) is 1. The van der Waals surface area contributed by atoms with E-state index in [9.17, 15) is 23.6 Å². The van der Waals surface area contributed by atoms with Gasteiger partial charge in [-0.2, -0.15) is 0 Å². The van der Waals surface area contributed by atoms with Gasteiger partial charge in [-0.15, -0.1) is 0 Å². The minimum atomic E-state index is -0.674. The Morgan fingerprint density at radius 3 is 2.66 bits per heavy atom. The van der Waals surface area contributed by atoms with Crippen molar-refractivity contribution < 1.29 is 33.0 Å². The number of halogens is 1. The monoisotopic (exact) mass is 634 g/mol. The van der Waals surface area contributed by atoms with E-state index in [1.165, 1.54) is 18.3 Å². The Balaban J connectivity index is 1.22. The third kappa shape index (κ3) is 6.42. The highest BCUT2D eigenvalue weighted by Gasteiger charge is 2.36. The van der Waals surface area contributed by atoms with Crippen molar-refractivity contribution in [2.75, 3.05) is 19.7 Å². The van der Waals surface area contributed by atoms with Crippen LogP contribution in [0.25, 0.3) is 11.1 Å². The van der Waals surface area contributed by atoms with Crippen LogP contribution < -0.4 is 20.1 Å². The first-order chi connectivity index (χ1) is 22.8. The van der Waals surface area contributed by atoms with Crippen molar-refractivity contribution in [3.63, 3.8) is 0 Å². The van der Waals surface area contributed by atoms with Crippen molar-refractivity contribution in [3.05, 3.63) is 113 Å². The summed E-state index contributed by atoms with van der Waals surface area (Å²) in [5.74, 6) is -0.870. The maximum Gasteiger partial charge on any atom is 0.258 e. The van der Waals surface area contributed by atoms with Gasteiger partial charge in [-0.25, -0.2) is 4.39 Å². The second-order valence-electron chi connectivity index (χ2n) is 11.9. The molecule has 0 spiro atoms. The molecule has 6 bridgehead atoms. The quantitative estimate of drug-likeness (QED) is 0.323. The third-order valence-corrected chi connectivity index (χ3v) is 8.71. The number of piperidine rings is 1. The Labute approximate surface area is 269 Å². The van der Waals surface area contributed by atoms with E-state index in [1.807, 2.05) is 6.07 Å². The number of likely N-dealkylation sites (tertiary alicyclic amines) is 1. The summed E-state index contributed by atoms with van der Waals surface area (Å²) in [5.41, 5.74) is 3.99. The van der Waals surface area contributed by atoms with Crippen LogP contribution in [0.3, 0.4) is 0 Å². The number of aromatic nitrogens is 1. The van der Waals surface area contributed by atoms with Gasteiger partial charge in [-0.1, -0.05) is 24.3 Å². The van der Waals surface area contributed by atoms with E-state index in [4.69, 9.17) is 9.47 Å². The molecular weight excluding hydrogens is 603 g/mol. The molecule has 2 aliphatic heterocycles. The van der Waals surface area contributed by atoms with E-state index in [0.717, 1.165) is 11.1 Å². The van der Waals surface area contributed by atoms with Crippen LogP contribution >= 0.6 is 0 Å². The molecule has 10 nitrogen and oxygen atoms in total. The van der Waals surface area contributed by atoms with Crippen LogP contribution in [0.15, 0.2) is 79.1 Å². The Morgan fingerprint density at radius 1 is 0.915 bits per heavy atom. The van der Waals surface area contributed by atoms with Gasteiger partial charge in [-0.3, -0.25) is 24.2 Å². The van der Waals surface area contributed by atoms with Crippen LogP contribution in [0.4, 0.5) is 4.39 Å². The Morgan fingerprint density at radius 2 is 1.77 bits per heavy atom. The van der Waals surface area contributed by atoms with E-state index in [-0.39, 0.29) is 43.0 Å². The molecule has 0 saturated carbocycles. The van der Waals surface area contributed by atoms with Gasteiger partial charge in [0.15, 0.2) is 12.4 Å². The standard InChI is InChI=1S/C36H31FN4O6/c37-25-11-21-12-27(15-25)47-33-9-10-41(36(45)30-6-2-5-29-28(30)7-8-32(29)42)19-31(33)40-35(44)24-13-23(17-38-18-24)22-3-1-4-26(14-22)46-20-34(43)39-16-21/h1-6,11-15,17-18,31,33H,7-10,16,19-20H2,(H,39,43)(H,40,44)/t31-,33+/m1/s1. The molecule has 1 fully saturated rings. The average Bonchev–Trinajstić information content (AvgIpc) is 3.47. The zero-order valence-electron chi connectivity index (χ0n) is 25.3. The second kappa shape index (κ2) is 12.7. The first-order valence-corrected chi connectivity index (χ1v) is 15.5. The van der Waals surface area contributed by atoms with Crippen molar-refractivity contribution in [2.45, 2.75) is 38.0 Å². The lowest BCUT2D eigenvalue weighted by molar-refractivity contribution is -0.123. The number of nitrogens with one attached hydrogen (secondary N) is 2. The van der Waals surface area contributed by atoms with E-state index >= 15 is 0 Å². The summed E-state index contributed by atoms with van der Waals surface area (Å²) in [7, 11) is 0. The zero-order chi connectivity index (χ0) is 32.5. The number of rotatable bonds is 1. The van der Waals surface area contributed by atoms with E-state index < -0.39 is 23.9 Å². The topological polar surface area (TPSA) is 127 Å². The molecule has 7 rings (SSSR count). The van der Waals surface area contributed by atoms with Gasteiger partial charge in [0.2, 0.25) is 0 Å². The molecule has 3 aromatic carbocycles. The van der Waals surface area contributed by atoms with Gasteiger partial charge in [0, 0.05) is 67.6 Å². The molecule has 3 aliphatic rings. The van der Waals surface area contributed by atoms with Crippen molar-refractivity contribution in [2.24, 2.45) is 0 Å².